The lowest BCUT2D eigenvalue weighted by atomic mass is 10.3. The molecule has 5 nitrogen and oxygen atoms in total. The van der Waals surface area contributed by atoms with Crippen molar-refractivity contribution in [2.24, 2.45) is 0 Å². The summed E-state index contributed by atoms with van der Waals surface area (Å²) in [5, 5.41) is 11.1. The van der Waals surface area contributed by atoms with Gasteiger partial charge in [0.1, 0.15) is 16.4 Å². The van der Waals surface area contributed by atoms with Crippen molar-refractivity contribution >= 4 is 35.1 Å². The maximum Gasteiger partial charge on any atom is 0.284 e. The van der Waals surface area contributed by atoms with Gasteiger partial charge in [0.2, 0.25) is 0 Å². The summed E-state index contributed by atoms with van der Waals surface area (Å²) in [6.07, 6.45) is 0. The van der Waals surface area contributed by atoms with Crippen molar-refractivity contribution in [1.82, 2.24) is 0 Å². The monoisotopic (exact) mass is 368 g/mol. The van der Waals surface area contributed by atoms with E-state index in [1.54, 1.807) is 30.0 Å². The van der Waals surface area contributed by atoms with Crippen LogP contribution in [0, 0.1) is 10.1 Å². The minimum Gasteiger partial charge on any atom is -0.455 e. The Morgan fingerprint density at radius 1 is 0.960 bits per heavy atom. The Morgan fingerprint density at radius 2 is 1.72 bits per heavy atom. The van der Waals surface area contributed by atoms with Gasteiger partial charge in [-0.25, -0.2) is 0 Å². The summed E-state index contributed by atoms with van der Waals surface area (Å²) in [7, 11) is 0. The van der Waals surface area contributed by atoms with Crippen LogP contribution in [-0.2, 0) is 0 Å². The summed E-state index contributed by atoms with van der Waals surface area (Å²) in [6.45, 7) is 0. The molecule has 0 spiro atoms. The molecule has 0 bridgehead atoms. The van der Waals surface area contributed by atoms with Crippen molar-refractivity contribution < 1.29 is 9.66 Å². The first kappa shape index (κ1) is 15.9. The lowest BCUT2D eigenvalue weighted by Crippen LogP contribution is -1.96. The van der Waals surface area contributed by atoms with Gasteiger partial charge in [-0.3, -0.25) is 10.1 Å². The highest BCUT2D eigenvalue weighted by molar-refractivity contribution is 8.00. The predicted octanol–water partition coefficient (Wildman–Crippen LogP) is 5.97. The van der Waals surface area contributed by atoms with Crippen molar-refractivity contribution in [2.75, 3.05) is 4.72 Å². The Hall–Kier alpha value is -2.64. The van der Waals surface area contributed by atoms with Crippen LogP contribution in [0.15, 0.2) is 81.4 Å². The number of hydrogen-bond donors (Lipinski definition) is 1. The molecule has 1 aliphatic rings. The molecule has 1 aliphatic heterocycles. The minimum absolute atomic E-state index is 0.0876. The van der Waals surface area contributed by atoms with E-state index in [0.717, 1.165) is 27.0 Å². The zero-order chi connectivity index (χ0) is 17.2. The number of rotatable bonds is 4. The van der Waals surface area contributed by atoms with Gasteiger partial charge >= 0.3 is 0 Å². The Morgan fingerprint density at radius 3 is 2.60 bits per heavy atom. The summed E-state index contributed by atoms with van der Waals surface area (Å²) >= 11 is 2.87. The summed E-state index contributed by atoms with van der Waals surface area (Å²) in [4.78, 5) is 13.4. The summed E-state index contributed by atoms with van der Waals surface area (Å²) in [5.41, 5.74) is 0.946. The van der Waals surface area contributed by atoms with Crippen molar-refractivity contribution in [1.29, 1.82) is 0 Å². The molecule has 124 valence electrons. The van der Waals surface area contributed by atoms with Gasteiger partial charge in [0.05, 0.1) is 14.7 Å². The molecule has 25 heavy (non-hydrogen) atoms. The van der Waals surface area contributed by atoms with Gasteiger partial charge in [-0.1, -0.05) is 36.0 Å². The molecule has 0 saturated carbocycles. The number of hydrogen-bond acceptors (Lipinski definition) is 6. The van der Waals surface area contributed by atoms with Crippen LogP contribution in [0.1, 0.15) is 0 Å². The van der Waals surface area contributed by atoms with Crippen LogP contribution in [0.5, 0.6) is 11.5 Å². The van der Waals surface area contributed by atoms with Crippen molar-refractivity contribution in [3.05, 3.63) is 76.8 Å². The number of nitro groups is 1. The van der Waals surface area contributed by atoms with Gasteiger partial charge in [-0.15, -0.1) is 0 Å². The third-order valence-corrected chi connectivity index (χ3v) is 5.57. The predicted molar refractivity (Wildman–Crippen MR) is 99.7 cm³/mol. The molecule has 0 aromatic heterocycles. The highest BCUT2D eigenvalue weighted by Crippen LogP contribution is 2.47. The van der Waals surface area contributed by atoms with E-state index in [1.807, 2.05) is 42.5 Å². The zero-order valence-electron chi connectivity index (χ0n) is 12.8. The molecule has 3 aromatic rings. The molecule has 7 heteroatoms. The maximum absolute atomic E-state index is 11.1. The van der Waals surface area contributed by atoms with Crippen molar-refractivity contribution in [3.63, 3.8) is 0 Å². The number of anilines is 1. The second-order valence-corrected chi connectivity index (χ2v) is 7.17. The molecule has 0 aliphatic carbocycles. The van der Waals surface area contributed by atoms with Gasteiger partial charge in [-0.05, 0) is 48.3 Å². The minimum atomic E-state index is -0.377. The van der Waals surface area contributed by atoms with E-state index >= 15 is 0 Å². The molecular weight excluding hydrogens is 356 g/mol. The Kier molecular flexibility index (Phi) is 4.25. The van der Waals surface area contributed by atoms with Crippen molar-refractivity contribution in [3.8, 4) is 11.5 Å². The summed E-state index contributed by atoms with van der Waals surface area (Å²) < 4.78 is 9.07. The highest BCUT2D eigenvalue weighted by atomic mass is 32.2. The smallest absolute Gasteiger partial charge is 0.284 e. The Bertz CT molecular complexity index is 963. The largest absolute Gasteiger partial charge is 0.455 e. The fourth-order valence-corrected chi connectivity index (χ4v) is 4.14. The molecular formula is C18H12N2O3S2. The first-order valence-corrected chi connectivity index (χ1v) is 9.09. The van der Waals surface area contributed by atoms with E-state index in [0.29, 0.717) is 4.90 Å². The molecule has 0 amide bonds. The van der Waals surface area contributed by atoms with Crippen LogP contribution in [0.3, 0.4) is 0 Å². The number of benzene rings is 3. The second kappa shape index (κ2) is 6.70. The Labute approximate surface area is 152 Å². The number of nitro benzene ring substituents is 1. The zero-order valence-corrected chi connectivity index (χ0v) is 14.5. The number of ether oxygens (including phenoxy) is 1. The van der Waals surface area contributed by atoms with Crippen LogP contribution >= 0.6 is 23.7 Å². The van der Waals surface area contributed by atoms with Gasteiger partial charge in [0.15, 0.2) is 0 Å². The normalized spacial score (nSPS) is 11.8. The lowest BCUT2D eigenvalue weighted by Gasteiger charge is -2.20. The second-order valence-electron chi connectivity index (χ2n) is 5.24. The number of para-hydroxylation sites is 2. The van der Waals surface area contributed by atoms with Crippen LogP contribution in [0.25, 0.3) is 0 Å². The first-order chi connectivity index (χ1) is 12.2. The Balaban J connectivity index is 1.53. The van der Waals surface area contributed by atoms with E-state index in [-0.39, 0.29) is 10.6 Å². The molecule has 1 heterocycles. The third kappa shape index (κ3) is 3.29. The van der Waals surface area contributed by atoms with E-state index in [2.05, 4.69) is 4.72 Å². The first-order valence-electron chi connectivity index (χ1n) is 7.46. The van der Waals surface area contributed by atoms with E-state index in [1.165, 1.54) is 18.0 Å². The fourth-order valence-electron chi connectivity index (χ4n) is 2.40. The number of nitrogens with one attached hydrogen (secondary N) is 1. The standard InChI is InChI=1S/C18H12N2O3S2/c21-20(22)13-5-1-3-7-16(13)25-19-12-9-10-15-18(11-12)24-17-8-4-2-6-14(17)23-15/h1-11,19H. The van der Waals surface area contributed by atoms with E-state index in [4.69, 9.17) is 4.74 Å². The van der Waals surface area contributed by atoms with Crippen LogP contribution < -0.4 is 9.46 Å². The van der Waals surface area contributed by atoms with Crippen LogP contribution in [0.4, 0.5) is 11.4 Å². The van der Waals surface area contributed by atoms with Gasteiger partial charge in [-0.2, -0.15) is 0 Å². The third-order valence-electron chi connectivity index (χ3n) is 3.57. The molecule has 4 rings (SSSR count). The fraction of sp³-hybridized carbons (Fsp3) is 0. The quantitative estimate of drug-likeness (QED) is 0.272. The highest BCUT2D eigenvalue weighted by Gasteiger charge is 2.18. The topological polar surface area (TPSA) is 64.4 Å². The van der Waals surface area contributed by atoms with E-state index < -0.39 is 0 Å². The molecule has 1 N–H and O–H groups in total. The lowest BCUT2D eigenvalue weighted by molar-refractivity contribution is -0.387. The molecule has 0 radical (unpaired) electrons. The van der Waals surface area contributed by atoms with Crippen molar-refractivity contribution in [2.45, 2.75) is 14.7 Å². The van der Waals surface area contributed by atoms with Gasteiger partial charge < -0.3 is 9.46 Å². The SMILES string of the molecule is O=[N+]([O-])c1ccccc1SNc1ccc2c(c1)Sc1ccccc1O2. The molecule has 0 atom stereocenters. The average Bonchev–Trinajstić information content (AvgIpc) is 2.64. The molecule has 0 unspecified atom stereocenters. The van der Waals surface area contributed by atoms with Gasteiger partial charge in [0, 0.05) is 11.8 Å². The number of nitrogens with zero attached hydrogens (tertiary/aromatic N) is 1. The van der Waals surface area contributed by atoms with Crippen LogP contribution in [-0.4, -0.2) is 4.92 Å². The molecule has 0 fully saturated rings. The molecule has 3 aromatic carbocycles. The summed E-state index contributed by atoms with van der Waals surface area (Å²) in [5.74, 6) is 1.67. The summed E-state index contributed by atoms with van der Waals surface area (Å²) in [6, 6.07) is 20.3. The van der Waals surface area contributed by atoms with Gasteiger partial charge in [0.25, 0.3) is 5.69 Å². The van der Waals surface area contributed by atoms with E-state index in [9.17, 15) is 10.1 Å². The maximum atomic E-state index is 11.1. The number of fused-ring (bicyclic) bond motifs is 2. The average molecular weight is 368 g/mol. The molecule has 0 saturated heterocycles. The van der Waals surface area contributed by atoms with Crippen LogP contribution in [0.2, 0.25) is 0 Å².